The van der Waals surface area contributed by atoms with Gasteiger partial charge in [0.15, 0.2) is 0 Å². The van der Waals surface area contributed by atoms with Gasteiger partial charge in [0, 0.05) is 13.1 Å². The number of nitrogens with one attached hydrogen (secondary N) is 3. The van der Waals surface area contributed by atoms with Gasteiger partial charge in [0.25, 0.3) is 0 Å². The van der Waals surface area contributed by atoms with E-state index < -0.39 is 29.7 Å². The van der Waals surface area contributed by atoms with Gasteiger partial charge in [-0.25, -0.2) is 4.79 Å². The van der Waals surface area contributed by atoms with E-state index in [1.54, 1.807) is 0 Å². The summed E-state index contributed by atoms with van der Waals surface area (Å²) >= 11 is 0. The molecule has 22 heavy (non-hydrogen) atoms. The van der Waals surface area contributed by atoms with Crippen molar-refractivity contribution in [2.45, 2.75) is 18.8 Å². The van der Waals surface area contributed by atoms with E-state index in [4.69, 9.17) is 4.74 Å². The van der Waals surface area contributed by atoms with Gasteiger partial charge >= 0.3 is 12.2 Å². The lowest BCUT2D eigenvalue weighted by Crippen LogP contribution is -2.42. The minimum absolute atomic E-state index is 0.0784. The Balaban J connectivity index is 2.09. The van der Waals surface area contributed by atoms with Gasteiger partial charge in [0.05, 0.1) is 12.7 Å². The van der Waals surface area contributed by atoms with E-state index in [2.05, 4.69) is 16.0 Å². The van der Waals surface area contributed by atoms with Crippen LogP contribution in [0.15, 0.2) is 18.2 Å². The molecule has 3 N–H and O–H groups in total. The van der Waals surface area contributed by atoms with Crippen LogP contribution in [-0.4, -0.2) is 31.6 Å². The number of ether oxygens (including phenoxy) is 1. The molecule has 1 fully saturated rings. The molecule has 1 saturated heterocycles. The monoisotopic (exact) mass is 317 g/mol. The second-order valence-corrected chi connectivity index (χ2v) is 4.65. The van der Waals surface area contributed by atoms with Crippen LogP contribution < -0.4 is 20.7 Å². The Hall–Kier alpha value is -2.45. The number of urea groups is 1. The number of hydrogen-bond acceptors (Lipinski definition) is 3. The van der Waals surface area contributed by atoms with Gasteiger partial charge in [0.2, 0.25) is 5.91 Å². The van der Waals surface area contributed by atoms with E-state index in [0.29, 0.717) is 0 Å². The Morgan fingerprint density at radius 2 is 2.18 bits per heavy atom. The molecule has 0 bridgehead atoms. The molecule has 1 aromatic carbocycles. The lowest BCUT2D eigenvalue weighted by Gasteiger charge is -2.16. The standard InChI is InChI=1S/C13H14F3N3O3/c1-22-8-3-2-7(9(4-8)13(14,15)16)5-17-11(20)10-6-18-12(21)19-10/h2-4,10H,5-6H2,1H3,(H,17,20)(H2,18,19,21). The normalized spacial score (nSPS) is 17.6. The molecule has 0 aliphatic carbocycles. The molecule has 0 spiro atoms. The third-order valence-corrected chi connectivity index (χ3v) is 3.16. The van der Waals surface area contributed by atoms with Crippen LogP contribution in [0.5, 0.6) is 5.75 Å². The molecule has 2 rings (SSSR count). The maximum atomic E-state index is 13.0. The van der Waals surface area contributed by atoms with Crippen molar-refractivity contribution in [1.82, 2.24) is 16.0 Å². The lowest BCUT2D eigenvalue weighted by atomic mass is 10.1. The largest absolute Gasteiger partial charge is 0.497 e. The molecule has 9 heteroatoms. The molecule has 120 valence electrons. The van der Waals surface area contributed by atoms with E-state index in [0.717, 1.165) is 6.07 Å². The molecular formula is C13H14F3N3O3. The molecule has 1 aliphatic heterocycles. The number of alkyl halides is 3. The lowest BCUT2D eigenvalue weighted by molar-refractivity contribution is -0.138. The van der Waals surface area contributed by atoms with Crippen LogP contribution in [-0.2, 0) is 17.5 Å². The average molecular weight is 317 g/mol. The zero-order valence-corrected chi connectivity index (χ0v) is 11.6. The first-order valence-electron chi connectivity index (χ1n) is 6.37. The second kappa shape index (κ2) is 6.12. The summed E-state index contributed by atoms with van der Waals surface area (Å²) in [6.45, 7) is -0.205. The average Bonchev–Trinajstić information content (AvgIpc) is 2.90. The van der Waals surface area contributed by atoms with Crippen LogP contribution >= 0.6 is 0 Å². The van der Waals surface area contributed by atoms with Crippen LogP contribution in [0, 0.1) is 0 Å². The quantitative estimate of drug-likeness (QED) is 0.775. The zero-order chi connectivity index (χ0) is 16.3. The topological polar surface area (TPSA) is 79.5 Å². The number of rotatable bonds is 4. The minimum atomic E-state index is -4.56. The first kappa shape index (κ1) is 15.9. The Kier molecular flexibility index (Phi) is 4.43. The van der Waals surface area contributed by atoms with Gasteiger partial charge in [-0.3, -0.25) is 4.79 Å². The Morgan fingerprint density at radius 3 is 2.73 bits per heavy atom. The molecule has 1 aliphatic rings. The summed E-state index contributed by atoms with van der Waals surface area (Å²) in [7, 11) is 1.27. The summed E-state index contributed by atoms with van der Waals surface area (Å²) in [5.41, 5.74) is -0.959. The molecular weight excluding hydrogens is 303 g/mol. The Morgan fingerprint density at radius 1 is 1.45 bits per heavy atom. The molecule has 0 radical (unpaired) electrons. The fourth-order valence-electron chi connectivity index (χ4n) is 2.02. The molecule has 3 amide bonds. The Bertz CT molecular complexity index is 590. The van der Waals surface area contributed by atoms with Crippen molar-refractivity contribution < 1.29 is 27.5 Å². The van der Waals surface area contributed by atoms with Gasteiger partial charge in [-0.2, -0.15) is 13.2 Å². The van der Waals surface area contributed by atoms with E-state index >= 15 is 0 Å². The van der Waals surface area contributed by atoms with Crippen molar-refractivity contribution in [3.05, 3.63) is 29.3 Å². The zero-order valence-electron chi connectivity index (χ0n) is 11.6. The Labute approximate surface area is 124 Å². The van der Waals surface area contributed by atoms with Crippen molar-refractivity contribution >= 4 is 11.9 Å². The molecule has 1 aromatic rings. The first-order valence-corrected chi connectivity index (χ1v) is 6.37. The minimum Gasteiger partial charge on any atom is -0.497 e. The SMILES string of the molecule is COc1ccc(CNC(=O)C2CNC(=O)N2)c(C(F)(F)F)c1. The van der Waals surface area contributed by atoms with Crippen LogP contribution in [0.2, 0.25) is 0 Å². The number of carbonyl (C=O) groups excluding carboxylic acids is 2. The number of halogens is 3. The highest BCUT2D eigenvalue weighted by atomic mass is 19.4. The van der Waals surface area contributed by atoms with E-state index in [1.807, 2.05) is 0 Å². The van der Waals surface area contributed by atoms with Crippen molar-refractivity contribution in [2.24, 2.45) is 0 Å². The van der Waals surface area contributed by atoms with Crippen LogP contribution in [0.3, 0.4) is 0 Å². The van der Waals surface area contributed by atoms with E-state index in [9.17, 15) is 22.8 Å². The van der Waals surface area contributed by atoms with Gasteiger partial charge in [-0.1, -0.05) is 6.07 Å². The molecule has 0 aromatic heterocycles. The molecule has 1 unspecified atom stereocenters. The highest BCUT2D eigenvalue weighted by Gasteiger charge is 2.34. The van der Waals surface area contributed by atoms with E-state index in [1.165, 1.54) is 19.2 Å². The maximum absolute atomic E-state index is 13.0. The van der Waals surface area contributed by atoms with Gasteiger partial charge < -0.3 is 20.7 Å². The highest BCUT2D eigenvalue weighted by molar-refractivity contribution is 5.90. The van der Waals surface area contributed by atoms with Crippen molar-refractivity contribution in [3.8, 4) is 5.75 Å². The molecule has 1 heterocycles. The molecule has 6 nitrogen and oxygen atoms in total. The number of methoxy groups -OCH3 is 1. The predicted molar refractivity (Wildman–Crippen MR) is 70.2 cm³/mol. The summed E-state index contributed by atoms with van der Waals surface area (Å²) in [4.78, 5) is 22.7. The van der Waals surface area contributed by atoms with E-state index in [-0.39, 0.29) is 24.4 Å². The molecule has 1 atom stereocenters. The highest BCUT2D eigenvalue weighted by Crippen LogP contribution is 2.34. The predicted octanol–water partition coefficient (Wildman–Crippen LogP) is 1.01. The molecule has 0 saturated carbocycles. The van der Waals surface area contributed by atoms with Crippen molar-refractivity contribution in [3.63, 3.8) is 0 Å². The summed E-state index contributed by atoms with van der Waals surface area (Å²) < 4.78 is 43.8. The van der Waals surface area contributed by atoms with Gasteiger partial charge in [-0.05, 0) is 17.7 Å². The third-order valence-electron chi connectivity index (χ3n) is 3.16. The summed E-state index contributed by atoms with van der Waals surface area (Å²) in [5.74, 6) is -0.475. The van der Waals surface area contributed by atoms with Crippen LogP contribution in [0.4, 0.5) is 18.0 Å². The second-order valence-electron chi connectivity index (χ2n) is 4.65. The summed E-state index contributed by atoms with van der Waals surface area (Å²) in [6.07, 6.45) is -4.56. The third kappa shape index (κ3) is 3.60. The van der Waals surface area contributed by atoms with Crippen LogP contribution in [0.1, 0.15) is 11.1 Å². The number of amides is 3. The maximum Gasteiger partial charge on any atom is 0.416 e. The van der Waals surface area contributed by atoms with Crippen LogP contribution in [0.25, 0.3) is 0 Å². The number of carbonyl (C=O) groups is 2. The van der Waals surface area contributed by atoms with Gasteiger partial charge in [0.1, 0.15) is 11.8 Å². The number of benzene rings is 1. The van der Waals surface area contributed by atoms with Crippen molar-refractivity contribution in [1.29, 1.82) is 0 Å². The summed E-state index contributed by atoms with van der Waals surface area (Å²) in [5, 5.41) is 7.12. The number of hydrogen-bond donors (Lipinski definition) is 3. The fraction of sp³-hybridized carbons (Fsp3) is 0.385. The van der Waals surface area contributed by atoms with Gasteiger partial charge in [-0.15, -0.1) is 0 Å². The first-order chi connectivity index (χ1) is 10.3. The van der Waals surface area contributed by atoms with Crippen molar-refractivity contribution in [2.75, 3.05) is 13.7 Å². The summed E-state index contributed by atoms with van der Waals surface area (Å²) in [6, 6.07) is 2.23. The fourth-order valence-corrected chi connectivity index (χ4v) is 2.02. The smallest absolute Gasteiger partial charge is 0.416 e.